The quantitative estimate of drug-likeness (QED) is 0.866. The zero-order valence-corrected chi connectivity index (χ0v) is 11.8. The molecule has 1 N–H and O–H groups in total. The van der Waals surface area contributed by atoms with Crippen LogP contribution in [0.5, 0.6) is 0 Å². The number of thiophene rings is 1. The predicted octanol–water partition coefficient (Wildman–Crippen LogP) is 2.62. The highest BCUT2D eigenvalue weighted by Crippen LogP contribution is 2.23. The average Bonchev–Trinajstić information content (AvgIpc) is 2.89. The van der Waals surface area contributed by atoms with Crippen molar-refractivity contribution in [2.45, 2.75) is 19.5 Å². The molecule has 0 aromatic carbocycles. The second-order valence-corrected chi connectivity index (χ2v) is 5.59. The first-order valence-corrected chi connectivity index (χ1v) is 6.74. The van der Waals surface area contributed by atoms with Crippen molar-refractivity contribution in [3.63, 3.8) is 0 Å². The van der Waals surface area contributed by atoms with Crippen LogP contribution in [0.15, 0.2) is 17.5 Å². The van der Waals surface area contributed by atoms with Gasteiger partial charge < -0.3 is 4.90 Å². The van der Waals surface area contributed by atoms with Crippen molar-refractivity contribution >= 4 is 23.6 Å². The molecule has 2 aromatic rings. The first-order chi connectivity index (χ1) is 8.09. The van der Waals surface area contributed by atoms with E-state index in [1.807, 2.05) is 11.4 Å². The molecule has 0 radical (unpaired) electrons. The third-order valence-corrected chi connectivity index (χ3v) is 4.01. The number of likely N-dealkylation sites (N-methyl/N-ethyl adjacent to an activating group) is 1. The number of hydrogen-bond acceptors (Lipinski definition) is 4. The molecular formula is C11H16N4S2. The maximum Gasteiger partial charge on any atom is 0.195 e. The van der Waals surface area contributed by atoms with E-state index in [1.165, 1.54) is 0 Å². The molecule has 0 spiro atoms. The van der Waals surface area contributed by atoms with Gasteiger partial charge in [-0.1, -0.05) is 6.07 Å². The molecule has 0 saturated carbocycles. The largest absolute Gasteiger partial charge is 0.305 e. The number of nitrogens with one attached hydrogen (secondary N) is 1. The van der Waals surface area contributed by atoms with Gasteiger partial charge in [-0.3, -0.25) is 9.67 Å². The van der Waals surface area contributed by atoms with Crippen LogP contribution in [0.1, 0.15) is 6.92 Å². The standard InChI is InChI=1S/C11H16N4S2/c1-8(14(2)3)7-15-10(12-13-11(15)16)9-5-4-6-17-9/h4-6,8H,7H2,1-3H3,(H,13,16). The summed E-state index contributed by atoms with van der Waals surface area (Å²) in [5.41, 5.74) is 0. The van der Waals surface area contributed by atoms with Gasteiger partial charge in [0.1, 0.15) is 0 Å². The van der Waals surface area contributed by atoms with Gasteiger partial charge in [-0.05, 0) is 44.7 Å². The second-order valence-electron chi connectivity index (χ2n) is 4.25. The van der Waals surface area contributed by atoms with Crippen molar-refractivity contribution in [1.29, 1.82) is 0 Å². The molecule has 2 aromatic heterocycles. The van der Waals surface area contributed by atoms with Gasteiger partial charge in [0.2, 0.25) is 0 Å². The lowest BCUT2D eigenvalue weighted by atomic mass is 10.3. The molecule has 0 aliphatic carbocycles. The molecule has 0 aliphatic rings. The Labute approximate surface area is 110 Å². The number of nitrogens with zero attached hydrogens (tertiary/aromatic N) is 3. The van der Waals surface area contributed by atoms with Crippen LogP contribution < -0.4 is 0 Å². The number of rotatable bonds is 4. The van der Waals surface area contributed by atoms with Crippen molar-refractivity contribution in [3.05, 3.63) is 22.3 Å². The number of H-pyrrole nitrogens is 1. The average molecular weight is 268 g/mol. The Balaban J connectivity index is 2.34. The predicted molar refractivity (Wildman–Crippen MR) is 73.9 cm³/mol. The molecule has 4 nitrogen and oxygen atoms in total. The summed E-state index contributed by atoms with van der Waals surface area (Å²) in [6, 6.07) is 4.50. The van der Waals surface area contributed by atoms with Gasteiger partial charge in [0, 0.05) is 12.6 Å². The Morgan fingerprint density at radius 1 is 1.59 bits per heavy atom. The Bertz CT molecular complexity index is 524. The summed E-state index contributed by atoms with van der Waals surface area (Å²) in [6.07, 6.45) is 0. The number of aromatic amines is 1. The van der Waals surface area contributed by atoms with Gasteiger partial charge in [-0.15, -0.1) is 11.3 Å². The van der Waals surface area contributed by atoms with E-state index in [2.05, 4.69) is 46.7 Å². The maximum absolute atomic E-state index is 5.28. The van der Waals surface area contributed by atoms with E-state index in [1.54, 1.807) is 11.3 Å². The summed E-state index contributed by atoms with van der Waals surface area (Å²) in [5, 5.41) is 9.23. The molecule has 0 aliphatic heterocycles. The van der Waals surface area contributed by atoms with Crippen LogP contribution in [0.3, 0.4) is 0 Å². The fourth-order valence-corrected chi connectivity index (χ4v) is 2.44. The molecule has 17 heavy (non-hydrogen) atoms. The Hall–Kier alpha value is -0.980. The zero-order chi connectivity index (χ0) is 12.4. The molecule has 1 atom stereocenters. The van der Waals surface area contributed by atoms with E-state index in [-0.39, 0.29) is 0 Å². The van der Waals surface area contributed by atoms with E-state index in [0.717, 1.165) is 17.2 Å². The number of aromatic nitrogens is 3. The minimum absolute atomic E-state index is 0.415. The molecule has 0 fully saturated rings. The van der Waals surface area contributed by atoms with Gasteiger partial charge in [0.05, 0.1) is 4.88 Å². The summed E-state index contributed by atoms with van der Waals surface area (Å²) in [5.74, 6) is 0.929. The molecule has 92 valence electrons. The minimum atomic E-state index is 0.415. The Kier molecular flexibility index (Phi) is 3.76. The highest BCUT2D eigenvalue weighted by Gasteiger charge is 2.13. The molecule has 2 rings (SSSR count). The summed E-state index contributed by atoms with van der Waals surface area (Å²) in [4.78, 5) is 3.32. The van der Waals surface area contributed by atoms with E-state index in [0.29, 0.717) is 10.8 Å². The van der Waals surface area contributed by atoms with Gasteiger partial charge in [0.25, 0.3) is 0 Å². The van der Waals surface area contributed by atoms with Crippen LogP contribution in [-0.2, 0) is 6.54 Å². The topological polar surface area (TPSA) is 36.9 Å². The van der Waals surface area contributed by atoms with Gasteiger partial charge >= 0.3 is 0 Å². The lowest BCUT2D eigenvalue weighted by Crippen LogP contribution is -2.29. The van der Waals surface area contributed by atoms with Crippen LogP contribution >= 0.6 is 23.6 Å². The highest BCUT2D eigenvalue weighted by molar-refractivity contribution is 7.71. The fourth-order valence-electron chi connectivity index (χ4n) is 1.51. The van der Waals surface area contributed by atoms with E-state index < -0.39 is 0 Å². The van der Waals surface area contributed by atoms with Crippen LogP contribution in [0.25, 0.3) is 10.7 Å². The third-order valence-electron chi connectivity index (χ3n) is 2.83. The van der Waals surface area contributed by atoms with Crippen molar-refractivity contribution in [2.75, 3.05) is 14.1 Å². The summed E-state index contributed by atoms with van der Waals surface area (Å²) >= 11 is 6.96. The minimum Gasteiger partial charge on any atom is -0.305 e. The summed E-state index contributed by atoms with van der Waals surface area (Å²) in [6.45, 7) is 3.02. The van der Waals surface area contributed by atoms with E-state index in [9.17, 15) is 0 Å². The van der Waals surface area contributed by atoms with Crippen molar-refractivity contribution < 1.29 is 0 Å². The fraction of sp³-hybridized carbons (Fsp3) is 0.455. The third kappa shape index (κ3) is 2.65. The molecular weight excluding hydrogens is 252 g/mol. The summed E-state index contributed by atoms with van der Waals surface area (Å²) < 4.78 is 2.74. The molecule has 2 heterocycles. The molecule has 6 heteroatoms. The molecule has 0 bridgehead atoms. The lowest BCUT2D eigenvalue weighted by molar-refractivity contribution is 0.283. The van der Waals surface area contributed by atoms with E-state index >= 15 is 0 Å². The van der Waals surface area contributed by atoms with Crippen LogP contribution in [0, 0.1) is 4.77 Å². The summed E-state index contributed by atoms with van der Waals surface area (Å²) in [7, 11) is 4.14. The maximum atomic E-state index is 5.28. The Morgan fingerprint density at radius 3 is 2.94 bits per heavy atom. The van der Waals surface area contributed by atoms with Crippen molar-refractivity contribution in [3.8, 4) is 10.7 Å². The van der Waals surface area contributed by atoms with E-state index in [4.69, 9.17) is 12.2 Å². The second kappa shape index (κ2) is 5.12. The van der Waals surface area contributed by atoms with Crippen molar-refractivity contribution in [2.24, 2.45) is 0 Å². The highest BCUT2D eigenvalue weighted by atomic mass is 32.1. The van der Waals surface area contributed by atoms with Gasteiger partial charge in [-0.25, -0.2) is 0 Å². The van der Waals surface area contributed by atoms with Crippen LogP contribution in [0.4, 0.5) is 0 Å². The van der Waals surface area contributed by atoms with Crippen molar-refractivity contribution in [1.82, 2.24) is 19.7 Å². The molecule has 1 unspecified atom stereocenters. The number of hydrogen-bond donors (Lipinski definition) is 1. The Morgan fingerprint density at radius 2 is 2.35 bits per heavy atom. The SMILES string of the molecule is CC(Cn1c(-c2cccs2)n[nH]c1=S)N(C)C. The van der Waals surface area contributed by atoms with Gasteiger partial charge in [0.15, 0.2) is 10.6 Å². The van der Waals surface area contributed by atoms with Crippen LogP contribution in [-0.4, -0.2) is 39.8 Å². The monoisotopic (exact) mass is 268 g/mol. The smallest absolute Gasteiger partial charge is 0.195 e. The normalized spacial score (nSPS) is 13.2. The van der Waals surface area contributed by atoms with Crippen LogP contribution in [0.2, 0.25) is 0 Å². The first kappa shape index (κ1) is 12.5. The lowest BCUT2D eigenvalue weighted by Gasteiger charge is -2.20. The molecule has 0 amide bonds. The first-order valence-electron chi connectivity index (χ1n) is 5.45. The zero-order valence-electron chi connectivity index (χ0n) is 10.2. The molecule has 0 saturated heterocycles. The van der Waals surface area contributed by atoms with Gasteiger partial charge in [-0.2, -0.15) is 5.10 Å².